The predicted octanol–water partition coefficient (Wildman–Crippen LogP) is 4.57. The van der Waals surface area contributed by atoms with Gasteiger partial charge in [0, 0.05) is 11.6 Å². The maximum absolute atomic E-state index is 4.25. The van der Waals surface area contributed by atoms with Crippen LogP contribution in [0.15, 0.2) is 24.3 Å². The molecular weight excluding hydrogens is 266 g/mol. The number of aromatic nitrogens is 2. The SMILES string of the molecule is CC(C)c1nnc(CNc2ccccc2C(C)(C)C)s1. The van der Waals surface area contributed by atoms with E-state index in [9.17, 15) is 0 Å². The molecular formula is C16H23N3S. The highest BCUT2D eigenvalue weighted by Crippen LogP contribution is 2.29. The molecule has 2 aromatic rings. The van der Waals surface area contributed by atoms with Gasteiger partial charge in [0.25, 0.3) is 0 Å². The summed E-state index contributed by atoms with van der Waals surface area (Å²) in [5.41, 5.74) is 2.64. The largest absolute Gasteiger partial charge is 0.378 e. The molecule has 0 saturated carbocycles. The highest BCUT2D eigenvalue weighted by molar-refractivity contribution is 7.11. The van der Waals surface area contributed by atoms with Gasteiger partial charge < -0.3 is 5.32 Å². The van der Waals surface area contributed by atoms with Gasteiger partial charge in [-0.25, -0.2) is 0 Å². The Hall–Kier alpha value is -1.42. The Bertz CT molecular complexity index is 567. The van der Waals surface area contributed by atoms with Gasteiger partial charge in [-0.15, -0.1) is 10.2 Å². The van der Waals surface area contributed by atoms with Gasteiger partial charge in [0.15, 0.2) is 0 Å². The zero-order valence-corrected chi connectivity index (χ0v) is 13.7. The summed E-state index contributed by atoms with van der Waals surface area (Å²) in [5, 5.41) is 14.1. The van der Waals surface area contributed by atoms with Crippen molar-refractivity contribution in [3.05, 3.63) is 39.8 Å². The molecule has 0 spiro atoms. The van der Waals surface area contributed by atoms with E-state index in [1.54, 1.807) is 11.3 Å². The van der Waals surface area contributed by atoms with E-state index in [2.05, 4.69) is 74.4 Å². The lowest BCUT2D eigenvalue weighted by Gasteiger charge is -2.23. The van der Waals surface area contributed by atoms with Gasteiger partial charge in [-0.3, -0.25) is 0 Å². The summed E-state index contributed by atoms with van der Waals surface area (Å²) < 4.78 is 0. The van der Waals surface area contributed by atoms with E-state index in [-0.39, 0.29) is 5.41 Å². The van der Waals surface area contributed by atoms with Gasteiger partial charge in [0.1, 0.15) is 10.0 Å². The van der Waals surface area contributed by atoms with E-state index >= 15 is 0 Å². The molecule has 108 valence electrons. The van der Waals surface area contributed by atoms with E-state index in [1.165, 1.54) is 11.3 Å². The van der Waals surface area contributed by atoms with Crippen LogP contribution < -0.4 is 5.32 Å². The Morgan fingerprint density at radius 1 is 1.15 bits per heavy atom. The second-order valence-electron chi connectivity index (χ2n) is 6.34. The van der Waals surface area contributed by atoms with Gasteiger partial charge in [-0.2, -0.15) is 0 Å². The number of hydrogen-bond acceptors (Lipinski definition) is 4. The standard InChI is InChI=1S/C16H23N3S/c1-11(2)15-19-18-14(20-15)10-17-13-9-7-6-8-12(13)16(3,4)5/h6-9,11,17H,10H2,1-5H3. The molecule has 1 heterocycles. The number of rotatable bonds is 4. The van der Waals surface area contributed by atoms with Crippen LogP contribution in [0.2, 0.25) is 0 Å². The number of anilines is 1. The average Bonchev–Trinajstić information content (AvgIpc) is 2.84. The van der Waals surface area contributed by atoms with Crippen molar-refractivity contribution in [2.24, 2.45) is 0 Å². The summed E-state index contributed by atoms with van der Waals surface area (Å²) in [6, 6.07) is 8.47. The van der Waals surface area contributed by atoms with Crippen LogP contribution in [-0.4, -0.2) is 10.2 Å². The molecule has 0 aliphatic rings. The van der Waals surface area contributed by atoms with E-state index in [4.69, 9.17) is 0 Å². The van der Waals surface area contributed by atoms with Crippen molar-refractivity contribution < 1.29 is 0 Å². The van der Waals surface area contributed by atoms with E-state index in [1.807, 2.05) is 0 Å². The number of nitrogens with one attached hydrogen (secondary N) is 1. The second-order valence-corrected chi connectivity index (χ2v) is 7.43. The van der Waals surface area contributed by atoms with Gasteiger partial charge in [0.2, 0.25) is 0 Å². The molecule has 0 amide bonds. The minimum Gasteiger partial charge on any atom is -0.378 e. The normalized spacial score (nSPS) is 11.9. The van der Waals surface area contributed by atoms with Crippen LogP contribution in [0.1, 0.15) is 56.1 Å². The summed E-state index contributed by atoms with van der Waals surface area (Å²) in [4.78, 5) is 0. The summed E-state index contributed by atoms with van der Waals surface area (Å²) in [5.74, 6) is 0.447. The van der Waals surface area contributed by atoms with Crippen LogP contribution in [0.3, 0.4) is 0 Å². The Balaban J connectivity index is 2.11. The van der Waals surface area contributed by atoms with Gasteiger partial charge >= 0.3 is 0 Å². The van der Waals surface area contributed by atoms with E-state index in [0.29, 0.717) is 5.92 Å². The molecule has 0 saturated heterocycles. The van der Waals surface area contributed by atoms with Crippen LogP contribution in [0, 0.1) is 0 Å². The maximum atomic E-state index is 4.25. The highest BCUT2D eigenvalue weighted by atomic mass is 32.1. The van der Waals surface area contributed by atoms with Crippen molar-refractivity contribution in [3.63, 3.8) is 0 Å². The lowest BCUT2D eigenvalue weighted by atomic mass is 9.86. The molecule has 4 heteroatoms. The fourth-order valence-electron chi connectivity index (χ4n) is 2.03. The lowest BCUT2D eigenvalue weighted by molar-refractivity contribution is 0.591. The number of nitrogens with zero attached hydrogens (tertiary/aromatic N) is 2. The lowest BCUT2D eigenvalue weighted by Crippen LogP contribution is -2.14. The first-order valence-electron chi connectivity index (χ1n) is 7.03. The third-order valence-corrected chi connectivity index (χ3v) is 4.37. The van der Waals surface area contributed by atoms with Crippen molar-refractivity contribution in [3.8, 4) is 0 Å². The van der Waals surface area contributed by atoms with Crippen molar-refractivity contribution >= 4 is 17.0 Å². The highest BCUT2D eigenvalue weighted by Gasteiger charge is 2.17. The number of hydrogen-bond donors (Lipinski definition) is 1. The molecule has 0 aliphatic carbocycles. The first-order valence-corrected chi connectivity index (χ1v) is 7.85. The first-order chi connectivity index (χ1) is 9.38. The van der Waals surface area contributed by atoms with Crippen molar-refractivity contribution in [1.82, 2.24) is 10.2 Å². The summed E-state index contributed by atoms with van der Waals surface area (Å²) in [6.07, 6.45) is 0. The Morgan fingerprint density at radius 3 is 2.45 bits per heavy atom. The fourth-order valence-corrected chi connectivity index (χ4v) is 2.82. The molecule has 20 heavy (non-hydrogen) atoms. The Kier molecular flexibility index (Phi) is 4.43. The molecule has 0 fully saturated rings. The summed E-state index contributed by atoms with van der Waals surface area (Å²) >= 11 is 1.69. The number of benzene rings is 1. The molecule has 0 bridgehead atoms. The number of para-hydroxylation sites is 1. The van der Waals surface area contributed by atoms with Crippen LogP contribution in [0.4, 0.5) is 5.69 Å². The molecule has 3 nitrogen and oxygen atoms in total. The Labute approximate surface area is 125 Å². The monoisotopic (exact) mass is 289 g/mol. The molecule has 1 N–H and O–H groups in total. The zero-order valence-electron chi connectivity index (χ0n) is 12.9. The maximum Gasteiger partial charge on any atom is 0.136 e. The van der Waals surface area contributed by atoms with Gasteiger partial charge in [0.05, 0.1) is 6.54 Å². The summed E-state index contributed by atoms with van der Waals surface area (Å²) in [6.45, 7) is 11.7. The third kappa shape index (κ3) is 3.57. The summed E-state index contributed by atoms with van der Waals surface area (Å²) in [7, 11) is 0. The molecule has 0 radical (unpaired) electrons. The van der Waals surface area contributed by atoms with Crippen molar-refractivity contribution in [2.45, 2.75) is 52.5 Å². The zero-order chi connectivity index (χ0) is 14.8. The van der Waals surface area contributed by atoms with Crippen LogP contribution >= 0.6 is 11.3 Å². The van der Waals surface area contributed by atoms with Gasteiger partial charge in [-0.05, 0) is 17.0 Å². The van der Waals surface area contributed by atoms with Crippen molar-refractivity contribution in [2.75, 3.05) is 5.32 Å². The van der Waals surface area contributed by atoms with Crippen molar-refractivity contribution in [1.29, 1.82) is 0 Å². The molecule has 1 aromatic carbocycles. The molecule has 0 aliphatic heterocycles. The van der Waals surface area contributed by atoms with E-state index < -0.39 is 0 Å². The molecule has 0 unspecified atom stereocenters. The fraction of sp³-hybridized carbons (Fsp3) is 0.500. The predicted molar refractivity (Wildman–Crippen MR) is 86.5 cm³/mol. The van der Waals surface area contributed by atoms with Crippen LogP contribution in [0.5, 0.6) is 0 Å². The minimum atomic E-state index is 0.133. The molecule has 1 aromatic heterocycles. The topological polar surface area (TPSA) is 37.8 Å². The molecule has 2 rings (SSSR count). The smallest absolute Gasteiger partial charge is 0.136 e. The Morgan fingerprint density at radius 2 is 1.85 bits per heavy atom. The van der Waals surface area contributed by atoms with Crippen LogP contribution in [0.25, 0.3) is 0 Å². The second kappa shape index (κ2) is 5.92. The van der Waals surface area contributed by atoms with Crippen LogP contribution in [-0.2, 0) is 12.0 Å². The minimum absolute atomic E-state index is 0.133. The first kappa shape index (κ1) is 15.0. The average molecular weight is 289 g/mol. The molecule has 0 atom stereocenters. The van der Waals surface area contributed by atoms with Gasteiger partial charge in [-0.1, -0.05) is 64.2 Å². The third-order valence-electron chi connectivity index (χ3n) is 3.14. The quantitative estimate of drug-likeness (QED) is 0.896. The van der Waals surface area contributed by atoms with E-state index in [0.717, 1.165) is 16.6 Å².